The topological polar surface area (TPSA) is 38.9 Å². The summed E-state index contributed by atoms with van der Waals surface area (Å²) in [5.74, 6) is 0. The lowest BCUT2D eigenvalue weighted by Crippen LogP contribution is -2.12. The van der Waals surface area contributed by atoms with Crippen LogP contribution in [0.5, 0.6) is 0 Å². The maximum atomic E-state index is 5.60. The fourth-order valence-electron chi connectivity index (χ4n) is 1.87. The molecule has 2 rings (SSSR count). The van der Waals surface area contributed by atoms with Gasteiger partial charge in [-0.3, -0.25) is 0 Å². The Bertz CT molecular complexity index is 289. The second-order valence-corrected chi connectivity index (χ2v) is 5.14. The zero-order chi connectivity index (χ0) is 9.31. The number of rotatable bonds is 4. The van der Waals surface area contributed by atoms with Crippen molar-refractivity contribution < 1.29 is 0 Å². The van der Waals surface area contributed by atoms with E-state index >= 15 is 0 Å². The molecule has 13 heavy (non-hydrogen) atoms. The lowest BCUT2D eigenvalue weighted by molar-refractivity contribution is 0.466. The molecule has 1 aliphatic rings. The van der Waals surface area contributed by atoms with Gasteiger partial charge >= 0.3 is 0 Å². The summed E-state index contributed by atoms with van der Waals surface area (Å²) in [4.78, 5) is 4.50. The molecule has 0 aliphatic heterocycles. The van der Waals surface area contributed by atoms with E-state index in [1.54, 1.807) is 11.3 Å². The van der Waals surface area contributed by atoms with E-state index in [0.29, 0.717) is 5.41 Å². The van der Waals surface area contributed by atoms with Crippen LogP contribution in [-0.2, 0) is 6.42 Å². The van der Waals surface area contributed by atoms with Gasteiger partial charge in [0.25, 0.3) is 0 Å². The van der Waals surface area contributed by atoms with E-state index < -0.39 is 0 Å². The van der Waals surface area contributed by atoms with Gasteiger partial charge in [-0.05, 0) is 44.6 Å². The van der Waals surface area contributed by atoms with Crippen LogP contribution in [0, 0.1) is 12.3 Å². The maximum Gasteiger partial charge on any atom is 0.0897 e. The van der Waals surface area contributed by atoms with Gasteiger partial charge in [0.15, 0.2) is 0 Å². The smallest absolute Gasteiger partial charge is 0.0897 e. The number of hydrogen-bond donors (Lipinski definition) is 1. The van der Waals surface area contributed by atoms with Gasteiger partial charge in [-0.25, -0.2) is 4.98 Å². The van der Waals surface area contributed by atoms with Crippen LogP contribution < -0.4 is 5.73 Å². The van der Waals surface area contributed by atoms with Crippen LogP contribution in [-0.4, -0.2) is 11.5 Å². The Labute approximate surface area is 83.2 Å². The van der Waals surface area contributed by atoms with E-state index in [1.165, 1.54) is 30.0 Å². The SMILES string of the molecule is Cc1nc(CC2(CCN)CC2)cs1. The van der Waals surface area contributed by atoms with E-state index in [1.807, 2.05) is 0 Å². The quantitative estimate of drug-likeness (QED) is 0.801. The molecule has 0 amide bonds. The number of nitrogens with zero attached hydrogens (tertiary/aromatic N) is 1. The van der Waals surface area contributed by atoms with Crippen molar-refractivity contribution in [3.63, 3.8) is 0 Å². The predicted octanol–water partition coefficient (Wildman–Crippen LogP) is 2.12. The van der Waals surface area contributed by atoms with Gasteiger partial charge in [0.05, 0.1) is 10.7 Å². The molecule has 1 saturated carbocycles. The molecule has 1 fully saturated rings. The van der Waals surface area contributed by atoms with Gasteiger partial charge in [-0.1, -0.05) is 0 Å². The molecule has 1 heterocycles. The van der Waals surface area contributed by atoms with Crippen LogP contribution in [0.1, 0.15) is 30.0 Å². The van der Waals surface area contributed by atoms with Gasteiger partial charge in [0.1, 0.15) is 0 Å². The summed E-state index contributed by atoms with van der Waals surface area (Å²) in [6.45, 7) is 2.89. The molecule has 0 saturated heterocycles. The summed E-state index contributed by atoms with van der Waals surface area (Å²) in [6.07, 6.45) is 5.01. The summed E-state index contributed by atoms with van der Waals surface area (Å²) >= 11 is 1.75. The number of nitrogens with two attached hydrogens (primary N) is 1. The Kier molecular flexibility index (Phi) is 2.39. The van der Waals surface area contributed by atoms with E-state index in [-0.39, 0.29) is 0 Å². The molecular formula is C10H16N2S. The van der Waals surface area contributed by atoms with Crippen molar-refractivity contribution in [1.82, 2.24) is 4.98 Å². The molecule has 0 atom stereocenters. The molecule has 0 aromatic carbocycles. The van der Waals surface area contributed by atoms with Crippen molar-refractivity contribution in [3.8, 4) is 0 Å². The highest BCUT2D eigenvalue weighted by molar-refractivity contribution is 7.09. The number of aryl methyl sites for hydroxylation is 1. The highest BCUT2D eigenvalue weighted by Crippen LogP contribution is 2.50. The number of thiazole rings is 1. The zero-order valence-corrected chi connectivity index (χ0v) is 8.86. The maximum absolute atomic E-state index is 5.60. The standard InChI is InChI=1S/C10H16N2S/c1-8-12-9(7-13-8)6-10(2-3-10)4-5-11/h7H,2-6,11H2,1H3. The average Bonchev–Trinajstić information content (AvgIpc) is 2.70. The Morgan fingerprint density at radius 2 is 2.38 bits per heavy atom. The van der Waals surface area contributed by atoms with Crippen molar-refractivity contribution in [2.24, 2.45) is 11.1 Å². The normalized spacial score (nSPS) is 18.9. The summed E-state index contributed by atoms with van der Waals surface area (Å²) in [6, 6.07) is 0. The third kappa shape index (κ3) is 2.09. The highest BCUT2D eigenvalue weighted by Gasteiger charge is 2.41. The Hall–Kier alpha value is -0.410. The molecule has 0 radical (unpaired) electrons. The minimum atomic E-state index is 0.537. The van der Waals surface area contributed by atoms with E-state index in [0.717, 1.165) is 13.0 Å². The van der Waals surface area contributed by atoms with Gasteiger partial charge in [0.2, 0.25) is 0 Å². The number of aromatic nitrogens is 1. The number of hydrogen-bond acceptors (Lipinski definition) is 3. The predicted molar refractivity (Wildman–Crippen MR) is 55.9 cm³/mol. The lowest BCUT2D eigenvalue weighted by atomic mass is 9.97. The highest BCUT2D eigenvalue weighted by atomic mass is 32.1. The largest absolute Gasteiger partial charge is 0.330 e. The first-order chi connectivity index (χ1) is 6.24. The fraction of sp³-hybridized carbons (Fsp3) is 0.700. The molecule has 1 aromatic rings. The Balaban J connectivity index is 1.98. The Morgan fingerprint density at radius 3 is 2.85 bits per heavy atom. The summed E-state index contributed by atoms with van der Waals surface area (Å²) in [5.41, 5.74) is 7.40. The van der Waals surface area contributed by atoms with E-state index in [9.17, 15) is 0 Å². The minimum absolute atomic E-state index is 0.537. The molecule has 2 N–H and O–H groups in total. The van der Waals surface area contributed by atoms with Crippen molar-refractivity contribution in [3.05, 3.63) is 16.1 Å². The van der Waals surface area contributed by atoms with Crippen molar-refractivity contribution in [2.75, 3.05) is 6.54 Å². The van der Waals surface area contributed by atoms with Crippen LogP contribution in [0.2, 0.25) is 0 Å². The first kappa shape index (κ1) is 9.16. The van der Waals surface area contributed by atoms with Crippen LogP contribution >= 0.6 is 11.3 Å². The first-order valence-electron chi connectivity index (χ1n) is 4.85. The van der Waals surface area contributed by atoms with Crippen molar-refractivity contribution in [2.45, 2.75) is 32.6 Å². The molecule has 3 heteroatoms. The summed E-state index contributed by atoms with van der Waals surface area (Å²) in [7, 11) is 0. The minimum Gasteiger partial charge on any atom is -0.330 e. The fourth-order valence-corrected chi connectivity index (χ4v) is 2.48. The Morgan fingerprint density at radius 1 is 1.62 bits per heavy atom. The lowest BCUT2D eigenvalue weighted by Gasteiger charge is -2.10. The molecule has 0 bridgehead atoms. The van der Waals surface area contributed by atoms with Crippen molar-refractivity contribution in [1.29, 1.82) is 0 Å². The second kappa shape index (κ2) is 3.39. The second-order valence-electron chi connectivity index (χ2n) is 4.07. The van der Waals surface area contributed by atoms with Crippen LogP contribution in [0.15, 0.2) is 5.38 Å². The summed E-state index contributed by atoms with van der Waals surface area (Å²) in [5, 5.41) is 3.37. The molecule has 0 unspecified atom stereocenters. The third-order valence-corrected chi connectivity index (χ3v) is 3.68. The molecular weight excluding hydrogens is 180 g/mol. The molecule has 2 nitrogen and oxygen atoms in total. The van der Waals surface area contributed by atoms with Crippen LogP contribution in [0.25, 0.3) is 0 Å². The van der Waals surface area contributed by atoms with Crippen LogP contribution in [0.4, 0.5) is 0 Å². The average molecular weight is 196 g/mol. The summed E-state index contributed by atoms with van der Waals surface area (Å²) < 4.78 is 0. The van der Waals surface area contributed by atoms with E-state index in [2.05, 4.69) is 17.3 Å². The third-order valence-electron chi connectivity index (χ3n) is 2.85. The van der Waals surface area contributed by atoms with E-state index in [4.69, 9.17) is 5.73 Å². The van der Waals surface area contributed by atoms with Gasteiger partial charge in [-0.15, -0.1) is 11.3 Å². The first-order valence-corrected chi connectivity index (χ1v) is 5.73. The monoisotopic (exact) mass is 196 g/mol. The van der Waals surface area contributed by atoms with Gasteiger partial charge in [0, 0.05) is 5.38 Å². The molecule has 0 spiro atoms. The zero-order valence-electron chi connectivity index (χ0n) is 8.05. The molecule has 1 aliphatic carbocycles. The van der Waals surface area contributed by atoms with Gasteiger partial charge in [-0.2, -0.15) is 0 Å². The molecule has 72 valence electrons. The molecule has 1 aromatic heterocycles. The van der Waals surface area contributed by atoms with Crippen molar-refractivity contribution >= 4 is 11.3 Å². The van der Waals surface area contributed by atoms with Gasteiger partial charge < -0.3 is 5.73 Å². The van der Waals surface area contributed by atoms with Crippen LogP contribution in [0.3, 0.4) is 0 Å².